The summed E-state index contributed by atoms with van der Waals surface area (Å²) in [6.07, 6.45) is 6.38. The Morgan fingerprint density at radius 1 is 1.32 bits per heavy atom. The first kappa shape index (κ1) is 19.3. The molecule has 0 bridgehead atoms. The van der Waals surface area contributed by atoms with Gasteiger partial charge in [0.25, 0.3) is 0 Å². The zero-order valence-electron chi connectivity index (χ0n) is 15.1. The van der Waals surface area contributed by atoms with Gasteiger partial charge in [-0.2, -0.15) is 0 Å². The van der Waals surface area contributed by atoms with E-state index in [-0.39, 0.29) is 18.1 Å². The minimum Gasteiger partial charge on any atom is -0.444 e. The molecular weight excluding hydrogens is 278 g/mol. The van der Waals surface area contributed by atoms with Crippen molar-refractivity contribution >= 4 is 6.09 Å². The molecule has 1 aliphatic carbocycles. The maximum absolute atomic E-state index is 11.9. The lowest BCUT2D eigenvalue weighted by molar-refractivity contribution is 0.0432. The molecule has 0 aromatic carbocycles. The third-order valence-corrected chi connectivity index (χ3v) is 4.25. The van der Waals surface area contributed by atoms with E-state index in [9.17, 15) is 9.90 Å². The summed E-state index contributed by atoms with van der Waals surface area (Å²) >= 11 is 0. The molecule has 22 heavy (non-hydrogen) atoms. The molecular formula is C18H35NO3. The van der Waals surface area contributed by atoms with Gasteiger partial charge in [0.2, 0.25) is 0 Å². The van der Waals surface area contributed by atoms with Crippen molar-refractivity contribution in [2.24, 2.45) is 17.3 Å². The van der Waals surface area contributed by atoms with Gasteiger partial charge < -0.3 is 15.2 Å². The number of ether oxygens (including phenoxy) is 1. The Morgan fingerprint density at radius 2 is 1.95 bits per heavy atom. The molecule has 1 aliphatic rings. The summed E-state index contributed by atoms with van der Waals surface area (Å²) in [6.45, 7) is 10.7. The van der Waals surface area contributed by atoms with Crippen LogP contribution in [0.15, 0.2) is 0 Å². The molecule has 0 aliphatic heterocycles. The molecule has 0 radical (unpaired) electrons. The maximum Gasteiger partial charge on any atom is 0.407 e. The predicted molar refractivity (Wildman–Crippen MR) is 89.8 cm³/mol. The van der Waals surface area contributed by atoms with Gasteiger partial charge in [-0.15, -0.1) is 0 Å². The van der Waals surface area contributed by atoms with E-state index in [1.807, 2.05) is 20.8 Å². The molecule has 4 nitrogen and oxygen atoms in total. The first-order chi connectivity index (χ1) is 10.2. The normalized spacial score (nSPS) is 18.1. The predicted octanol–water partition coefficient (Wildman–Crippen LogP) is 4.12. The summed E-state index contributed by atoms with van der Waals surface area (Å²) in [5.74, 6) is 1.41. The number of aliphatic hydroxyl groups excluding tert-OH is 1. The number of alkyl carbamates (subject to hydrolysis) is 1. The van der Waals surface area contributed by atoms with Gasteiger partial charge in [0, 0.05) is 12.0 Å². The van der Waals surface area contributed by atoms with Gasteiger partial charge in [0.05, 0.1) is 6.61 Å². The van der Waals surface area contributed by atoms with Crippen molar-refractivity contribution in [2.75, 3.05) is 13.2 Å². The molecule has 0 aromatic heterocycles. The minimum absolute atomic E-state index is 0.136. The van der Waals surface area contributed by atoms with Crippen LogP contribution < -0.4 is 5.32 Å². The Hall–Kier alpha value is -0.770. The number of amides is 1. The van der Waals surface area contributed by atoms with Crippen LogP contribution in [0, 0.1) is 17.3 Å². The highest BCUT2D eigenvalue weighted by Gasteiger charge is 2.37. The van der Waals surface area contributed by atoms with Crippen LogP contribution in [-0.4, -0.2) is 30.0 Å². The Labute approximate surface area is 136 Å². The van der Waals surface area contributed by atoms with Crippen LogP contribution in [0.5, 0.6) is 0 Å². The Kier molecular flexibility index (Phi) is 7.17. The highest BCUT2D eigenvalue weighted by molar-refractivity contribution is 5.67. The standard InChI is InChI=1S/C18H35NO3/c1-14(2)7-6-10-18(13-20,11-15-8-9-15)12-19-16(21)22-17(3,4)5/h14-15,20H,6-13H2,1-5H3,(H,19,21). The largest absolute Gasteiger partial charge is 0.444 e. The Morgan fingerprint density at radius 3 is 2.41 bits per heavy atom. The van der Waals surface area contributed by atoms with Gasteiger partial charge in [-0.1, -0.05) is 39.5 Å². The fraction of sp³-hybridized carbons (Fsp3) is 0.944. The van der Waals surface area contributed by atoms with Crippen LogP contribution in [-0.2, 0) is 4.74 Å². The lowest BCUT2D eigenvalue weighted by Gasteiger charge is -2.33. The van der Waals surface area contributed by atoms with E-state index in [1.165, 1.54) is 19.3 Å². The van der Waals surface area contributed by atoms with E-state index in [1.54, 1.807) is 0 Å². The van der Waals surface area contributed by atoms with Crippen LogP contribution in [0.4, 0.5) is 4.79 Å². The van der Waals surface area contributed by atoms with E-state index in [0.717, 1.165) is 25.2 Å². The van der Waals surface area contributed by atoms with E-state index in [0.29, 0.717) is 12.5 Å². The van der Waals surface area contributed by atoms with Gasteiger partial charge in [-0.3, -0.25) is 0 Å². The highest BCUT2D eigenvalue weighted by atomic mass is 16.6. The fourth-order valence-electron chi connectivity index (χ4n) is 2.86. The Bertz CT molecular complexity index is 345. The Balaban J connectivity index is 2.53. The van der Waals surface area contributed by atoms with Crippen LogP contribution in [0.3, 0.4) is 0 Å². The smallest absolute Gasteiger partial charge is 0.407 e. The molecule has 130 valence electrons. The van der Waals surface area contributed by atoms with Crippen molar-refractivity contribution in [1.29, 1.82) is 0 Å². The first-order valence-electron chi connectivity index (χ1n) is 8.73. The number of carbonyl (C=O) groups excluding carboxylic acids is 1. The number of hydrogen-bond acceptors (Lipinski definition) is 3. The second-order valence-corrected chi connectivity index (χ2v) is 8.45. The van der Waals surface area contributed by atoms with Crippen molar-refractivity contribution in [3.8, 4) is 0 Å². The molecule has 1 rings (SSSR count). The van der Waals surface area contributed by atoms with Gasteiger partial charge >= 0.3 is 6.09 Å². The molecule has 0 heterocycles. The fourth-order valence-corrected chi connectivity index (χ4v) is 2.86. The second-order valence-electron chi connectivity index (χ2n) is 8.45. The van der Waals surface area contributed by atoms with Crippen LogP contribution in [0.25, 0.3) is 0 Å². The second kappa shape index (κ2) is 8.19. The molecule has 0 spiro atoms. The summed E-state index contributed by atoms with van der Waals surface area (Å²) in [7, 11) is 0. The van der Waals surface area contributed by atoms with Crippen molar-refractivity contribution in [3.05, 3.63) is 0 Å². The molecule has 1 atom stereocenters. The summed E-state index contributed by atoms with van der Waals surface area (Å²) in [6, 6.07) is 0. The topological polar surface area (TPSA) is 58.6 Å². The third-order valence-electron chi connectivity index (χ3n) is 4.25. The lowest BCUT2D eigenvalue weighted by Crippen LogP contribution is -2.42. The van der Waals surface area contributed by atoms with Gasteiger partial charge in [-0.05, 0) is 45.4 Å². The SMILES string of the molecule is CC(C)CCCC(CO)(CNC(=O)OC(C)(C)C)CC1CC1. The van der Waals surface area contributed by atoms with E-state index >= 15 is 0 Å². The molecule has 1 fully saturated rings. The molecule has 2 N–H and O–H groups in total. The summed E-state index contributed by atoms with van der Waals surface area (Å²) in [4.78, 5) is 11.9. The van der Waals surface area contributed by atoms with Crippen LogP contribution in [0.2, 0.25) is 0 Å². The van der Waals surface area contributed by atoms with Gasteiger partial charge in [0.15, 0.2) is 0 Å². The quantitative estimate of drug-likeness (QED) is 0.673. The number of aliphatic hydroxyl groups is 1. The number of carbonyl (C=O) groups is 1. The molecule has 0 aromatic rings. The summed E-state index contributed by atoms with van der Waals surface area (Å²) in [5, 5.41) is 12.9. The molecule has 0 saturated heterocycles. The number of nitrogens with one attached hydrogen (secondary N) is 1. The van der Waals surface area contributed by atoms with Crippen molar-refractivity contribution < 1.29 is 14.6 Å². The first-order valence-corrected chi connectivity index (χ1v) is 8.73. The molecule has 1 unspecified atom stereocenters. The monoisotopic (exact) mass is 313 g/mol. The van der Waals surface area contributed by atoms with Gasteiger partial charge in [0.1, 0.15) is 5.60 Å². The lowest BCUT2D eigenvalue weighted by atomic mass is 9.78. The van der Waals surface area contributed by atoms with E-state index in [4.69, 9.17) is 4.74 Å². The number of hydrogen-bond donors (Lipinski definition) is 2. The van der Waals surface area contributed by atoms with Crippen LogP contribution in [0.1, 0.15) is 73.1 Å². The van der Waals surface area contributed by atoms with Gasteiger partial charge in [-0.25, -0.2) is 4.79 Å². The van der Waals surface area contributed by atoms with Crippen molar-refractivity contribution in [2.45, 2.75) is 78.7 Å². The summed E-state index contributed by atoms with van der Waals surface area (Å²) < 4.78 is 5.31. The number of rotatable bonds is 9. The van der Waals surface area contributed by atoms with E-state index < -0.39 is 5.60 Å². The molecule has 4 heteroatoms. The average molecular weight is 313 g/mol. The average Bonchev–Trinajstić information content (AvgIpc) is 3.17. The maximum atomic E-state index is 11.9. The van der Waals surface area contributed by atoms with Crippen LogP contribution >= 0.6 is 0 Å². The van der Waals surface area contributed by atoms with E-state index in [2.05, 4.69) is 19.2 Å². The van der Waals surface area contributed by atoms with Crippen molar-refractivity contribution in [1.82, 2.24) is 5.32 Å². The van der Waals surface area contributed by atoms with Crippen molar-refractivity contribution in [3.63, 3.8) is 0 Å². The zero-order chi connectivity index (χ0) is 16.8. The molecule has 1 saturated carbocycles. The third kappa shape index (κ3) is 8.02. The minimum atomic E-state index is -0.486. The zero-order valence-corrected chi connectivity index (χ0v) is 15.1. The molecule has 1 amide bonds. The highest BCUT2D eigenvalue weighted by Crippen LogP contribution is 2.42. The summed E-state index contributed by atoms with van der Waals surface area (Å²) in [5.41, 5.74) is -0.674.